The molecule has 0 radical (unpaired) electrons. The van der Waals surface area contributed by atoms with Crippen LogP contribution in [0.4, 0.5) is 0 Å². The minimum Gasteiger partial charge on any atom is -0.506 e. The summed E-state index contributed by atoms with van der Waals surface area (Å²) >= 11 is 12.3. The minimum absolute atomic E-state index is 0.119. The molecule has 0 fully saturated rings. The van der Waals surface area contributed by atoms with Gasteiger partial charge in [-0.05, 0) is 20.8 Å². The summed E-state index contributed by atoms with van der Waals surface area (Å²) in [5.41, 5.74) is 0.0675. The normalized spacial score (nSPS) is 20.8. The Hall–Kier alpha value is -1.10. The number of furan rings is 1. The molecular weight excluding hydrogens is 303 g/mol. The number of fused-ring (bicyclic) bond motifs is 3. The maximum Gasteiger partial charge on any atom is 0.179 e. The van der Waals surface area contributed by atoms with E-state index in [2.05, 4.69) is 0 Å². The molecule has 2 N–H and O–H groups in total. The van der Waals surface area contributed by atoms with Gasteiger partial charge in [0.1, 0.15) is 17.1 Å². The van der Waals surface area contributed by atoms with Crippen molar-refractivity contribution >= 4 is 34.2 Å². The Kier molecular flexibility index (Phi) is 2.91. The van der Waals surface area contributed by atoms with Crippen molar-refractivity contribution in [3.8, 4) is 11.5 Å². The first kappa shape index (κ1) is 13.9. The van der Waals surface area contributed by atoms with Crippen LogP contribution in [-0.2, 0) is 6.42 Å². The molecule has 0 saturated heterocycles. The number of rotatable bonds is 0. The molecule has 1 aliphatic heterocycles. The fraction of sp³-hybridized carbons (Fsp3) is 0.429. The Morgan fingerprint density at radius 1 is 1.25 bits per heavy atom. The van der Waals surface area contributed by atoms with Crippen molar-refractivity contribution in [3.05, 3.63) is 21.4 Å². The van der Waals surface area contributed by atoms with Crippen molar-refractivity contribution < 1.29 is 19.4 Å². The molecule has 2 aromatic rings. The van der Waals surface area contributed by atoms with E-state index in [9.17, 15) is 10.2 Å². The zero-order chi connectivity index (χ0) is 14.8. The van der Waals surface area contributed by atoms with E-state index in [1.165, 1.54) is 0 Å². The molecule has 20 heavy (non-hydrogen) atoms. The number of ether oxygens (including phenoxy) is 1. The number of aliphatic hydroxyl groups excluding tert-OH is 1. The van der Waals surface area contributed by atoms with Gasteiger partial charge in [0.25, 0.3) is 0 Å². The molecule has 2 heterocycles. The predicted octanol–water partition coefficient (Wildman–Crippen LogP) is 3.83. The van der Waals surface area contributed by atoms with Crippen LogP contribution in [0, 0.1) is 6.92 Å². The second-order valence-electron chi connectivity index (χ2n) is 5.57. The lowest BCUT2D eigenvalue weighted by Gasteiger charge is -2.37. The van der Waals surface area contributed by atoms with Gasteiger partial charge in [-0.3, -0.25) is 0 Å². The van der Waals surface area contributed by atoms with Crippen LogP contribution < -0.4 is 4.74 Å². The van der Waals surface area contributed by atoms with E-state index >= 15 is 0 Å². The molecule has 0 bridgehead atoms. The third kappa shape index (κ3) is 1.72. The molecule has 108 valence electrons. The van der Waals surface area contributed by atoms with Crippen LogP contribution in [-0.4, -0.2) is 21.9 Å². The summed E-state index contributed by atoms with van der Waals surface area (Å²) in [6, 6.07) is 0. The Labute approximate surface area is 125 Å². The number of hydrogen-bond acceptors (Lipinski definition) is 4. The van der Waals surface area contributed by atoms with Crippen LogP contribution in [0.1, 0.15) is 25.2 Å². The summed E-state index contributed by atoms with van der Waals surface area (Å²) in [4.78, 5) is 0. The van der Waals surface area contributed by atoms with Crippen molar-refractivity contribution in [3.63, 3.8) is 0 Å². The van der Waals surface area contributed by atoms with Crippen molar-refractivity contribution in [1.29, 1.82) is 0 Å². The topological polar surface area (TPSA) is 62.8 Å². The molecule has 1 atom stereocenters. The van der Waals surface area contributed by atoms with Gasteiger partial charge in [-0.25, -0.2) is 0 Å². The zero-order valence-electron chi connectivity index (χ0n) is 11.3. The van der Waals surface area contributed by atoms with Crippen molar-refractivity contribution in [2.75, 3.05) is 0 Å². The summed E-state index contributed by atoms with van der Waals surface area (Å²) < 4.78 is 11.5. The number of benzene rings is 1. The Balaban J connectivity index is 2.40. The van der Waals surface area contributed by atoms with Crippen LogP contribution >= 0.6 is 23.2 Å². The van der Waals surface area contributed by atoms with Crippen LogP contribution in [0.15, 0.2) is 4.42 Å². The predicted molar refractivity (Wildman–Crippen MR) is 77.1 cm³/mol. The molecular formula is C14H14Cl2O4. The van der Waals surface area contributed by atoms with Crippen molar-refractivity contribution in [1.82, 2.24) is 0 Å². The van der Waals surface area contributed by atoms with E-state index in [4.69, 9.17) is 32.4 Å². The van der Waals surface area contributed by atoms with Gasteiger partial charge < -0.3 is 19.4 Å². The summed E-state index contributed by atoms with van der Waals surface area (Å²) in [5.74, 6) is 0.780. The highest BCUT2D eigenvalue weighted by Gasteiger charge is 2.40. The Bertz CT molecular complexity index is 718. The van der Waals surface area contributed by atoms with Crippen LogP contribution in [0.2, 0.25) is 10.0 Å². The van der Waals surface area contributed by atoms with Gasteiger partial charge in [0, 0.05) is 12.0 Å². The highest BCUT2D eigenvalue weighted by Crippen LogP contribution is 2.51. The fourth-order valence-corrected chi connectivity index (χ4v) is 3.01. The van der Waals surface area contributed by atoms with Gasteiger partial charge in [0.05, 0.1) is 21.5 Å². The molecule has 1 aromatic carbocycles. The molecule has 1 unspecified atom stereocenters. The lowest BCUT2D eigenvalue weighted by atomic mass is 9.90. The molecule has 0 saturated carbocycles. The van der Waals surface area contributed by atoms with Crippen molar-refractivity contribution in [2.45, 2.75) is 38.9 Å². The molecule has 4 nitrogen and oxygen atoms in total. The standard InChI is InChI=1S/C14H14Cl2O4/c1-5-9(15)8-10(16)11(18)6-4-7(17)14(2,3)20-12(6)13(8)19-5/h7,17-18H,4H2,1-3H3. The fourth-order valence-electron chi connectivity index (χ4n) is 2.44. The highest BCUT2D eigenvalue weighted by molar-refractivity contribution is 6.43. The van der Waals surface area contributed by atoms with Gasteiger partial charge in [0.2, 0.25) is 0 Å². The van der Waals surface area contributed by atoms with Crippen molar-refractivity contribution in [2.24, 2.45) is 0 Å². The van der Waals surface area contributed by atoms with E-state index < -0.39 is 11.7 Å². The summed E-state index contributed by atoms with van der Waals surface area (Å²) in [6.45, 7) is 5.26. The molecule has 6 heteroatoms. The van der Waals surface area contributed by atoms with Gasteiger partial charge in [-0.2, -0.15) is 0 Å². The molecule has 0 spiro atoms. The number of phenolic OH excluding ortho intramolecular Hbond substituents is 1. The second kappa shape index (κ2) is 4.20. The van der Waals surface area contributed by atoms with E-state index in [1.807, 2.05) is 0 Å². The lowest BCUT2D eigenvalue weighted by Crippen LogP contribution is -2.46. The van der Waals surface area contributed by atoms with Crippen LogP contribution in [0.3, 0.4) is 0 Å². The first-order chi connectivity index (χ1) is 9.24. The first-order valence-corrected chi connectivity index (χ1v) is 6.98. The van der Waals surface area contributed by atoms with Crippen LogP contribution in [0.5, 0.6) is 11.5 Å². The quantitative estimate of drug-likeness (QED) is 0.775. The molecule has 3 rings (SSSR count). The number of aromatic hydroxyl groups is 1. The third-order valence-electron chi connectivity index (χ3n) is 3.77. The highest BCUT2D eigenvalue weighted by atomic mass is 35.5. The molecule has 0 aliphatic carbocycles. The van der Waals surface area contributed by atoms with Gasteiger partial charge in [-0.15, -0.1) is 0 Å². The van der Waals surface area contributed by atoms with Gasteiger partial charge >= 0.3 is 0 Å². The average Bonchev–Trinajstić information content (AvgIpc) is 2.66. The SMILES string of the molecule is Cc1oc2c3c(c(O)c(Cl)c2c1Cl)CC(O)C(C)(C)O3. The number of hydrogen-bond donors (Lipinski definition) is 2. The monoisotopic (exact) mass is 316 g/mol. The largest absolute Gasteiger partial charge is 0.506 e. The summed E-state index contributed by atoms with van der Waals surface area (Å²) in [5, 5.41) is 21.3. The first-order valence-electron chi connectivity index (χ1n) is 6.23. The number of phenols is 1. The van der Waals surface area contributed by atoms with E-state index in [-0.39, 0.29) is 17.2 Å². The number of aliphatic hydroxyl groups is 1. The number of halogens is 2. The lowest BCUT2D eigenvalue weighted by molar-refractivity contribution is -0.0411. The second-order valence-corrected chi connectivity index (χ2v) is 6.33. The van der Waals surface area contributed by atoms with Gasteiger partial charge in [-0.1, -0.05) is 23.2 Å². The average molecular weight is 317 g/mol. The molecule has 0 amide bonds. The number of aryl methyl sites for hydroxylation is 1. The van der Waals surface area contributed by atoms with Gasteiger partial charge in [0.15, 0.2) is 11.3 Å². The maximum atomic E-state index is 10.2. The van der Waals surface area contributed by atoms with E-state index in [1.54, 1.807) is 20.8 Å². The van der Waals surface area contributed by atoms with E-state index in [0.717, 1.165) is 0 Å². The summed E-state index contributed by atoms with van der Waals surface area (Å²) in [6.07, 6.45) is -0.512. The molecule has 1 aromatic heterocycles. The minimum atomic E-state index is -0.784. The zero-order valence-corrected chi connectivity index (χ0v) is 12.8. The Morgan fingerprint density at radius 3 is 2.55 bits per heavy atom. The van der Waals surface area contributed by atoms with E-state index in [0.29, 0.717) is 33.1 Å². The van der Waals surface area contributed by atoms with Crippen LogP contribution in [0.25, 0.3) is 11.0 Å². The Morgan fingerprint density at radius 2 is 1.90 bits per heavy atom. The smallest absolute Gasteiger partial charge is 0.179 e. The third-order valence-corrected chi connectivity index (χ3v) is 4.59. The molecule has 1 aliphatic rings. The maximum absolute atomic E-state index is 10.2. The summed E-state index contributed by atoms with van der Waals surface area (Å²) in [7, 11) is 0.